The lowest BCUT2D eigenvalue weighted by Crippen LogP contribution is -2.00. The van der Waals surface area contributed by atoms with Gasteiger partial charge in [-0.25, -0.2) is 4.98 Å². The van der Waals surface area contributed by atoms with Crippen molar-refractivity contribution in [3.63, 3.8) is 0 Å². The summed E-state index contributed by atoms with van der Waals surface area (Å²) in [5.74, 6) is 1.03. The Balaban J connectivity index is 2.13. The van der Waals surface area contributed by atoms with Gasteiger partial charge in [-0.1, -0.05) is 55.8 Å². The van der Waals surface area contributed by atoms with Crippen LogP contribution in [0.3, 0.4) is 0 Å². The van der Waals surface area contributed by atoms with Gasteiger partial charge in [-0.3, -0.25) is 0 Å². The smallest absolute Gasteiger partial charge is 0.106 e. The largest absolute Gasteiger partial charge is 0.328 e. The van der Waals surface area contributed by atoms with Gasteiger partial charge in [0, 0.05) is 6.54 Å². The monoisotopic (exact) mass is 298 g/mol. The maximum Gasteiger partial charge on any atom is 0.106 e. The van der Waals surface area contributed by atoms with Crippen LogP contribution in [0.15, 0.2) is 12.1 Å². The molecule has 0 saturated heterocycles. The number of halogens is 2. The Kier molecular flexibility index (Phi) is 5.12. The van der Waals surface area contributed by atoms with E-state index in [2.05, 4.69) is 16.5 Å². The first-order chi connectivity index (χ1) is 9.13. The average Bonchev–Trinajstić information content (AvgIpc) is 2.66. The molecular formula is C15H20Cl2N2. The predicted molar refractivity (Wildman–Crippen MR) is 83.2 cm³/mol. The summed E-state index contributed by atoms with van der Waals surface area (Å²) < 4.78 is 2.24. The topological polar surface area (TPSA) is 17.8 Å². The SMILES string of the molecule is CCCCCCCn1c(C)nc2cc(Cl)c(Cl)cc21. The number of hydrogen-bond donors (Lipinski definition) is 0. The van der Waals surface area contributed by atoms with Crippen LogP contribution in [0.25, 0.3) is 11.0 Å². The highest BCUT2D eigenvalue weighted by Crippen LogP contribution is 2.28. The first kappa shape index (κ1) is 14.7. The van der Waals surface area contributed by atoms with Crippen molar-refractivity contribution in [2.45, 2.75) is 52.5 Å². The molecule has 2 nitrogen and oxygen atoms in total. The third kappa shape index (κ3) is 3.43. The Hall–Kier alpha value is -0.730. The molecule has 0 spiro atoms. The van der Waals surface area contributed by atoms with Crippen LogP contribution in [0.1, 0.15) is 44.9 Å². The molecule has 104 valence electrons. The van der Waals surface area contributed by atoms with Gasteiger partial charge in [0.1, 0.15) is 5.82 Å². The highest BCUT2D eigenvalue weighted by Gasteiger charge is 2.10. The fraction of sp³-hybridized carbons (Fsp3) is 0.533. The maximum atomic E-state index is 6.10. The number of rotatable bonds is 6. The van der Waals surface area contributed by atoms with Crippen molar-refractivity contribution in [2.24, 2.45) is 0 Å². The number of unbranched alkanes of at least 4 members (excludes halogenated alkanes) is 4. The molecule has 0 amide bonds. The minimum absolute atomic E-state index is 0.571. The van der Waals surface area contributed by atoms with Crippen molar-refractivity contribution in [1.29, 1.82) is 0 Å². The van der Waals surface area contributed by atoms with Crippen LogP contribution >= 0.6 is 23.2 Å². The maximum absolute atomic E-state index is 6.10. The number of hydrogen-bond acceptors (Lipinski definition) is 1. The van der Waals surface area contributed by atoms with Crippen molar-refractivity contribution < 1.29 is 0 Å². The van der Waals surface area contributed by atoms with Crippen LogP contribution in [0.2, 0.25) is 10.0 Å². The molecule has 0 unspecified atom stereocenters. The van der Waals surface area contributed by atoms with Crippen molar-refractivity contribution in [3.05, 3.63) is 28.0 Å². The van der Waals surface area contributed by atoms with Crippen molar-refractivity contribution in [3.8, 4) is 0 Å². The molecule has 0 atom stereocenters. The molecule has 1 heterocycles. The zero-order chi connectivity index (χ0) is 13.8. The Labute approximate surface area is 124 Å². The van der Waals surface area contributed by atoms with Gasteiger partial charge < -0.3 is 4.57 Å². The zero-order valence-electron chi connectivity index (χ0n) is 11.5. The lowest BCUT2D eigenvalue weighted by Gasteiger charge is -2.07. The second-order valence-corrected chi connectivity index (χ2v) is 5.79. The van der Waals surface area contributed by atoms with Gasteiger partial charge in [-0.2, -0.15) is 0 Å². The molecule has 0 aliphatic rings. The normalized spacial score (nSPS) is 11.4. The second kappa shape index (κ2) is 6.62. The molecule has 2 rings (SSSR count). The van der Waals surface area contributed by atoms with Gasteiger partial charge >= 0.3 is 0 Å². The summed E-state index contributed by atoms with van der Waals surface area (Å²) >= 11 is 12.1. The number of nitrogens with zero attached hydrogens (tertiary/aromatic N) is 2. The minimum Gasteiger partial charge on any atom is -0.328 e. The number of imidazole rings is 1. The summed E-state index contributed by atoms with van der Waals surface area (Å²) in [5, 5.41) is 1.17. The third-order valence-corrected chi connectivity index (χ3v) is 4.19. The van der Waals surface area contributed by atoms with Gasteiger partial charge in [0.15, 0.2) is 0 Å². The number of fused-ring (bicyclic) bond motifs is 1. The summed E-state index contributed by atoms with van der Waals surface area (Å²) in [4.78, 5) is 4.55. The number of aromatic nitrogens is 2. The molecule has 0 saturated carbocycles. The van der Waals surface area contributed by atoms with Crippen molar-refractivity contribution in [2.75, 3.05) is 0 Å². The van der Waals surface area contributed by atoms with E-state index < -0.39 is 0 Å². The Morgan fingerprint density at radius 3 is 2.47 bits per heavy atom. The Morgan fingerprint density at radius 1 is 1.05 bits per heavy atom. The number of benzene rings is 1. The van der Waals surface area contributed by atoms with Crippen LogP contribution in [-0.4, -0.2) is 9.55 Å². The second-order valence-electron chi connectivity index (χ2n) is 4.98. The fourth-order valence-electron chi connectivity index (χ4n) is 2.40. The highest BCUT2D eigenvalue weighted by molar-refractivity contribution is 6.42. The highest BCUT2D eigenvalue weighted by atomic mass is 35.5. The molecule has 2 aromatic rings. The van der Waals surface area contributed by atoms with Crippen LogP contribution in [-0.2, 0) is 6.54 Å². The van der Waals surface area contributed by atoms with Gasteiger partial charge in [0.05, 0.1) is 21.1 Å². The summed E-state index contributed by atoms with van der Waals surface area (Å²) in [6, 6.07) is 3.77. The van der Waals surface area contributed by atoms with E-state index in [1.807, 2.05) is 19.1 Å². The average molecular weight is 299 g/mol. The quantitative estimate of drug-likeness (QED) is 0.633. The van der Waals surface area contributed by atoms with E-state index in [-0.39, 0.29) is 0 Å². The molecule has 1 aromatic heterocycles. The molecule has 0 radical (unpaired) electrons. The summed E-state index contributed by atoms with van der Waals surface area (Å²) in [6.45, 7) is 5.27. The molecule has 0 aliphatic carbocycles. The van der Waals surface area contributed by atoms with Crippen LogP contribution < -0.4 is 0 Å². The predicted octanol–water partition coefficient (Wildman–Crippen LogP) is 5.62. The molecule has 4 heteroatoms. The van der Waals surface area contributed by atoms with E-state index in [4.69, 9.17) is 23.2 Å². The van der Waals surface area contributed by atoms with Gasteiger partial charge in [0.2, 0.25) is 0 Å². The van der Waals surface area contributed by atoms with Gasteiger partial charge in [-0.15, -0.1) is 0 Å². The molecule has 0 aliphatic heterocycles. The van der Waals surface area contributed by atoms with Crippen molar-refractivity contribution in [1.82, 2.24) is 9.55 Å². The molecule has 0 fully saturated rings. The van der Waals surface area contributed by atoms with E-state index in [9.17, 15) is 0 Å². The fourth-order valence-corrected chi connectivity index (χ4v) is 2.71. The molecule has 0 bridgehead atoms. The first-order valence-electron chi connectivity index (χ1n) is 6.95. The Morgan fingerprint density at radius 2 is 1.74 bits per heavy atom. The standard InChI is InChI=1S/C15H20Cl2N2/c1-3-4-5-6-7-8-19-11(2)18-14-9-12(16)13(17)10-15(14)19/h9-10H,3-8H2,1-2H3. The summed E-state index contributed by atoms with van der Waals surface area (Å²) in [6.07, 6.45) is 6.38. The zero-order valence-corrected chi connectivity index (χ0v) is 13.1. The third-order valence-electron chi connectivity index (χ3n) is 3.47. The lowest BCUT2D eigenvalue weighted by atomic mass is 10.1. The lowest BCUT2D eigenvalue weighted by molar-refractivity contribution is 0.568. The summed E-state index contributed by atoms with van der Waals surface area (Å²) in [7, 11) is 0. The van der Waals surface area contributed by atoms with Crippen molar-refractivity contribution >= 4 is 34.2 Å². The Bertz CT molecular complexity index is 561. The van der Waals surface area contributed by atoms with Gasteiger partial charge in [-0.05, 0) is 25.5 Å². The molecule has 19 heavy (non-hydrogen) atoms. The van der Waals surface area contributed by atoms with E-state index >= 15 is 0 Å². The molecular weight excluding hydrogens is 279 g/mol. The van der Waals surface area contributed by atoms with E-state index in [0.29, 0.717) is 10.0 Å². The van der Waals surface area contributed by atoms with Gasteiger partial charge in [0.25, 0.3) is 0 Å². The van der Waals surface area contributed by atoms with E-state index in [0.717, 1.165) is 23.4 Å². The van der Waals surface area contributed by atoms with Crippen LogP contribution in [0.4, 0.5) is 0 Å². The molecule has 0 N–H and O–H groups in total. The first-order valence-corrected chi connectivity index (χ1v) is 7.71. The summed E-state index contributed by atoms with van der Waals surface area (Å²) in [5.41, 5.74) is 2.02. The minimum atomic E-state index is 0.571. The van der Waals surface area contributed by atoms with Crippen LogP contribution in [0, 0.1) is 6.92 Å². The van der Waals surface area contributed by atoms with E-state index in [1.165, 1.54) is 32.1 Å². The number of aryl methyl sites for hydroxylation is 2. The molecule has 1 aromatic carbocycles. The van der Waals surface area contributed by atoms with Crippen LogP contribution in [0.5, 0.6) is 0 Å². The van der Waals surface area contributed by atoms with E-state index in [1.54, 1.807) is 0 Å².